The minimum atomic E-state index is -0.631. The SMILES string of the molecule is COC[C@H]1O[C@@H](n2cc(O)c(N=NN)nc2=O)C[C@@H]1OC. The molecule has 0 radical (unpaired) electrons. The third kappa shape index (κ3) is 3.17. The number of hydrogen-bond acceptors (Lipinski definition) is 8. The van der Waals surface area contributed by atoms with Gasteiger partial charge in [0.1, 0.15) is 12.3 Å². The van der Waals surface area contributed by atoms with Gasteiger partial charge in [0.15, 0.2) is 5.75 Å². The van der Waals surface area contributed by atoms with Crippen LogP contribution in [0.5, 0.6) is 5.75 Å². The molecule has 0 aromatic carbocycles. The van der Waals surface area contributed by atoms with Gasteiger partial charge in [-0.2, -0.15) is 4.98 Å². The Labute approximate surface area is 120 Å². The van der Waals surface area contributed by atoms with Crippen LogP contribution in [0.15, 0.2) is 21.3 Å². The fraction of sp³-hybridized carbons (Fsp3) is 0.636. The van der Waals surface area contributed by atoms with Gasteiger partial charge in [0.2, 0.25) is 5.82 Å². The van der Waals surface area contributed by atoms with Gasteiger partial charge in [0.25, 0.3) is 0 Å². The summed E-state index contributed by atoms with van der Waals surface area (Å²) in [6.07, 6.45) is 0.495. The van der Waals surface area contributed by atoms with E-state index in [0.717, 1.165) is 0 Å². The molecule has 0 bridgehead atoms. The number of methoxy groups -OCH3 is 2. The number of aromatic hydroxyl groups is 1. The van der Waals surface area contributed by atoms with E-state index in [9.17, 15) is 9.90 Å². The average molecular weight is 299 g/mol. The van der Waals surface area contributed by atoms with Crippen LogP contribution < -0.4 is 11.5 Å². The van der Waals surface area contributed by atoms with Crippen LogP contribution in [0.1, 0.15) is 12.6 Å². The van der Waals surface area contributed by atoms with Crippen molar-refractivity contribution in [3.8, 4) is 5.75 Å². The van der Waals surface area contributed by atoms with Gasteiger partial charge < -0.3 is 25.2 Å². The van der Waals surface area contributed by atoms with Crippen molar-refractivity contribution < 1.29 is 19.3 Å². The van der Waals surface area contributed by atoms with Gasteiger partial charge >= 0.3 is 5.69 Å². The Hall–Kier alpha value is -2.04. The predicted molar refractivity (Wildman–Crippen MR) is 70.1 cm³/mol. The quantitative estimate of drug-likeness (QED) is 0.439. The third-order valence-corrected chi connectivity index (χ3v) is 3.19. The van der Waals surface area contributed by atoms with Crippen molar-refractivity contribution in [1.29, 1.82) is 0 Å². The lowest BCUT2D eigenvalue weighted by Gasteiger charge is -2.16. The summed E-state index contributed by atoms with van der Waals surface area (Å²) in [5.41, 5.74) is -0.631. The molecule has 0 unspecified atom stereocenters. The van der Waals surface area contributed by atoms with Crippen LogP contribution in [0.4, 0.5) is 5.82 Å². The van der Waals surface area contributed by atoms with Crippen molar-refractivity contribution in [1.82, 2.24) is 9.55 Å². The zero-order valence-corrected chi connectivity index (χ0v) is 11.7. The van der Waals surface area contributed by atoms with Crippen molar-refractivity contribution >= 4 is 5.82 Å². The first-order valence-electron chi connectivity index (χ1n) is 6.21. The van der Waals surface area contributed by atoms with E-state index < -0.39 is 11.9 Å². The lowest BCUT2D eigenvalue weighted by molar-refractivity contribution is -0.0618. The summed E-state index contributed by atoms with van der Waals surface area (Å²) in [7, 11) is 3.11. The van der Waals surface area contributed by atoms with Crippen molar-refractivity contribution in [2.24, 2.45) is 16.2 Å². The maximum atomic E-state index is 12.0. The number of rotatable bonds is 5. The molecule has 1 saturated heterocycles. The smallest absolute Gasteiger partial charge is 0.352 e. The molecule has 3 N–H and O–H groups in total. The molecule has 0 amide bonds. The summed E-state index contributed by atoms with van der Waals surface area (Å²) in [6, 6.07) is 0. The molecule has 0 saturated carbocycles. The Bertz CT molecular complexity index is 575. The van der Waals surface area contributed by atoms with Crippen LogP contribution in [-0.4, -0.2) is 47.7 Å². The van der Waals surface area contributed by atoms with Gasteiger partial charge in [-0.1, -0.05) is 5.22 Å². The summed E-state index contributed by atoms with van der Waals surface area (Å²) in [4.78, 5) is 15.6. The van der Waals surface area contributed by atoms with Gasteiger partial charge in [-0.15, -0.1) is 5.11 Å². The van der Waals surface area contributed by atoms with Gasteiger partial charge in [-0.25, -0.2) is 4.79 Å². The van der Waals surface area contributed by atoms with Crippen molar-refractivity contribution in [3.63, 3.8) is 0 Å². The van der Waals surface area contributed by atoms with Crippen molar-refractivity contribution in [2.45, 2.75) is 24.9 Å². The number of nitrogens with zero attached hydrogens (tertiary/aromatic N) is 4. The molecule has 2 rings (SSSR count). The van der Waals surface area contributed by atoms with Crippen LogP contribution in [-0.2, 0) is 14.2 Å². The molecule has 1 aliphatic heterocycles. The van der Waals surface area contributed by atoms with E-state index in [-0.39, 0.29) is 23.8 Å². The average Bonchev–Trinajstić information content (AvgIpc) is 2.86. The Morgan fingerprint density at radius 3 is 3.00 bits per heavy atom. The van der Waals surface area contributed by atoms with E-state index in [2.05, 4.69) is 15.3 Å². The minimum Gasteiger partial charge on any atom is -0.503 e. The first-order chi connectivity index (χ1) is 10.1. The first-order valence-corrected chi connectivity index (χ1v) is 6.21. The highest BCUT2D eigenvalue weighted by atomic mass is 16.6. The van der Waals surface area contributed by atoms with Crippen LogP contribution in [0, 0.1) is 0 Å². The minimum absolute atomic E-state index is 0.215. The van der Waals surface area contributed by atoms with Crippen LogP contribution in [0.25, 0.3) is 0 Å². The Morgan fingerprint density at radius 1 is 1.62 bits per heavy atom. The van der Waals surface area contributed by atoms with Crippen LogP contribution in [0.2, 0.25) is 0 Å². The molecular weight excluding hydrogens is 282 g/mol. The molecule has 2 heterocycles. The van der Waals surface area contributed by atoms with Gasteiger partial charge in [-0.05, 0) is 0 Å². The predicted octanol–water partition coefficient (Wildman–Crippen LogP) is -0.145. The fourth-order valence-corrected chi connectivity index (χ4v) is 2.22. The second-order valence-electron chi connectivity index (χ2n) is 4.45. The molecule has 116 valence electrons. The van der Waals surface area contributed by atoms with Crippen molar-refractivity contribution in [2.75, 3.05) is 20.8 Å². The molecule has 0 spiro atoms. The van der Waals surface area contributed by atoms with Crippen molar-refractivity contribution in [3.05, 3.63) is 16.7 Å². The van der Waals surface area contributed by atoms with Crippen LogP contribution >= 0.6 is 0 Å². The molecule has 10 heteroatoms. The molecule has 1 aliphatic rings. The highest BCUT2D eigenvalue weighted by Gasteiger charge is 2.37. The number of ether oxygens (including phenoxy) is 3. The second-order valence-corrected chi connectivity index (χ2v) is 4.45. The molecule has 21 heavy (non-hydrogen) atoms. The van der Waals surface area contributed by atoms with E-state index >= 15 is 0 Å². The summed E-state index contributed by atoms with van der Waals surface area (Å²) in [5, 5.41) is 16.1. The van der Waals surface area contributed by atoms with E-state index in [1.165, 1.54) is 10.8 Å². The number of nitrogens with two attached hydrogens (primary N) is 1. The zero-order valence-electron chi connectivity index (χ0n) is 11.7. The van der Waals surface area contributed by atoms with E-state index in [1.807, 2.05) is 0 Å². The molecule has 1 aromatic rings. The van der Waals surface area contributed by atoms with E-state index in [4.69, 9.17) is 20.1 Å². The molecular formula is C11H17N5O5. The van der Waals surface area contributed by atoms with Gasteiger partial charge in [-0.3, -0.25) is 4.57 Å². The maximum absolute atomic E-state index is 12.0. The zero-order chi connectivity index (χ0) is 15.4. The topological polar surface area (TPSA) is 134 Å². The fourth-order valence-electron chi connectivity index (χ4n) is 2.22. The molecule has 0 aliphatic carbocycles. The normalized spacial score (nSPS) is 25.7. The molecule has 1 fully saturated rings. The van der Waals surface area contributed by atoms with E-state index in [0.29, 0.717) is 13.0 Å². The summed E-state index contributed by atoms with van der Waals surface area (Å²) >= 11 is 0. The Kier molecular flexibility index (Phi) is 4.83. The lowest BCUT2D eigenvalue weighted by Crippen LogP contribution is -2.28. The standard InChI is InChI=1S/C11H17N5O5/c1-19-5-8-7(20-2)3-9(21-8)16-4-6(17)10(14-15-12)13-11(16)18/h4,7-9,17H,3,5H2,1-2H3,(H2,12,13,14,18)/t7-,8+,9+/m0/s1. The molecule has 10 nitrogen and oxygen atoms in total. The first kappa shape index (κ1) is 15.4. The van der Waals surface area contributed by atoms with Gasteiger partial charge in [0, 0.05) is 20.6 Å². The number of aromatic nitrogens is 2. The summed E-state index contributed by atoms with van der Waals surface area (Å²) in [5.74, 6) is 4.31. The molecule has 3 atom stereocenters. The lowest BCUT2D eigenvalue weighted by atomic mass is 10.2. The third-order valence-electron chi connectivity index (χ3n) is 3.19. The Morgan fingerprint density at radius 2 is 2.38 bits per heavy atom. The highest BCUT2D eigenvalue weighted by Crippen LogP contribution is 2.31. The highest BCUT2D eigenvalue weighted by molar-refractivity contribution is 5.40. The monoisotopic (exact) mass is 299 g/mol. The largest absolute Gasteiger partial charge is 0.503 e. The summed E-state index contributed by atoms with van der Waals surface area (Å²) in [6.45, 7) is 0.336. The molecule has 1 aromatic heterocycles. The van der Waals surface area contributed by atoms with Gasteiger partial charge in [0.05, 0.1) is 18.9 Å². The maximum Gasteiger partial charge on any atom is 0.352 e. The van der Waals surface area contributed by atoms with E-state index in [1.54, 1.807) is 14.2 Å². The summed E-state index contributed by atoms with van der Waals surface area (Å²) < 4.78 is 17.2. The Balaban J connectivity index is 2.27. The second kappa shape index (κ2) is 6.61. The number of hydrogen-bond donors (Lipinski definition) is 2. The van der Waals surface area contributed by atoms with Crippen LogP contribution in [0.3, 0.4) is 0 Å².